The van der Waals surface area contributed by atoms with Gasteiger partial charge in [-0.3, -0.25) is 0 Å². The lowest BCUT2D eigenvalue weighted by Crippen LogP contribution is -1.96. The van der Waals surface area contributed by atoms with E-state index in [0.717, 1.165) is 22.6 Å². The molecule has 4 aromatic rings. The first-order valence-corrected chi connectivity index (χ1v) is 9.82. The largest absolute Gasteiger partial charge is 0.497 e. The van der Waals surface area contributed by atoms with E-state index in [4.69, 9.17) is 27.9 Å². The van der Waals surface area contributed by atoms with Crippen molar-refractivity contribution >= 4 is 40.7 Å². The highest BCUT2D eigenvalue weighted by Gasteiger charge is 2.12. The highest BCUT2D eigenvalue weighted by atomic mass is 35.5. The number of benzene rings is 2. The Hall–Kier alpha value is -2.28. The Labute approximate surface area is 170 Å². The second-order valence-corrected chi connectivity index (χ2v) is 7.41. The number of hydrogen-bond acceptors (Lipinski definition) is 5. The number of ether oxygens (including phenoxy) is 1. The van der Waals surface area contributed by atoms with Crippen molar-refractivity contribution in [2.45, 2.75) is 10.9 Å². The summed E-state index contributed by atoms with van der Waals surface area (Å²) in [7, 11) is 1.64. The smallest absolute Gasteiger partial charge is 0.253 e. The summed E-state index contributed by atoms with van der Waals surface area (Å²) in [5.74, 6) is 1.92. The van der Waals surface area contributed by atoms with Crippen LogP contribution in [-0.4, -0.2) is 26.7 Å². The molecule has 0 radical (unpaired) electrons. The van der Waals surface area contributed by atoms with Crippen LogP contribution in [-0.2, 0) is 5.75 Å². The fourth-order valence-corrected chi connectivity index (χ4v) is 4.18. The van der Waals surface area contributed by atoms with Gasteiger partial charge in [-0.15, -0.1) is 5.10 Å². The maximum atomic E-state index is 6.24. The Morgan fingerprint density at radius 2 is 1.78 bits per heavy atom. The Morgan fingerprint density at radius 3 is 2.48 bits per heavy atom. The molecular weight excluding hydrogens is 403 g/mol. The van der Waals surface area contributed by atoms with E-state index in [2.05, 4.69) is 15.1 Å². The summed E-state index contributed by atoms with van der Waals surface area (Å²) in [6.07, 6.45) is 1.73. The van der Waals surface area contributed by atoms with Gasteiger partial charge in [0.15, 0.2) is 0 Å². The molecule has 0 spiro atoms. The van der Waals surface area contributed by atoms with Crippen molar-refractivity contribution in [3.63, 3.8) is 0 Å². The van der Waals surface area contributed by atoms with Crippen LogP contribution in [0, 0.1) is 0 Å². The summed E-state index contributed by atoms with van der Waals surface area (Å²) in [5, 5.41) is 6.48. The summed E-state index contributed by atoms with van der Waals surface area (Å²) in [6, 6.07) is 15.2. The van der Waals surface area contributed by atoms with Gasteiger partial charge in [-0.05, 0) is 48.0 Å². The van der Waals surface area contributed by atoms with E-state index in [9.17, 15) is 0 Å². The molecule has 4 rings (SSSR count). The minimum atomic E-state index is 0.538. The highest BCUT2D eigenvalue weighted by Crippen LogP contribution is 2.31. The van der Waals surface area contributed by atoms with Crippen LogP contribution >= 0.6 is 35.0 Å². The number of rotatable bonds is 5. The van der Waals surface area contributed by atoms with Gasteiger partial charge in [0.1, 0.15) is 5.75 Å². The van der Waals surface area contributed by atoms with Crippen LogP contribution in [0.4, 0.5) is 0 Å². The van der Waals surface area contributed by atoms with E-state index in [1.807, 2.05) is 48.5 Å². The number of methoxy groups -OCH3 is 1. The average molecular weight is 417 g/mol. The Morgan fingerprint density at radius 1 is 1.04 bits per heavy atom. The zero-order valence-corrected chi connectivity index (χ0v) is 16.6. The Bertz CT molecular complexity index is 1080. The number of hydrogen-bond donors (Lipinski definition) is 0. The molecule has 8 heteroatoms. The van der Waals surface area contributed by atoms with Gasteiger partial charge in [0.25, 0.3) is 5.78 Å². The molecule has 0 aliphatic rings. The lowest BCUT2D eigenvalue weighted by molar-refractivity contribution is 0.415. The van der Waals surface area contributed by atoms with Crippen LogP contribution in [0.15, 0.2) is 59.9 Å². The molecule has 0 bridgehead atoms. The predicted molar refractivity (Wildman–Crippen MR) is 109 cm³/mol. The van der Waals surface area contributed by atoms with E-state index in [1.165, 1.54) is 11.8 Å². The molecule has 0 aliphatic heterocycles. The third kappa shape index (κ3) is 3.74. The second-order valence-electron chi connectivity index (χ2n) is 5.65. The molecule has 0 saturated carbocycles. The maximum absolute atomic E-state index is 6.24. The molecule has 0 N–H and O–H groups in total. The maximum Gasteiger partial charge on any atom is 0.253 e. The highest BCUT2D eigenvalue weighted by molar-refractivity contribution is 7.98. The minimum Gasteiger partial charge on any atom is -0.497 e. The van der Waals surface area contributed by atoms with Gasteiger partial charge >= 0.3 is 0 Å². The van der Waals surface area contributed by atoms with E-state index in [0.29, 0.717) is 26.7 Å². The van der Waals surface area contributed by atoms with Crippen LogP contribution in [0.25, 0.3) is 17.0 Å². The number of fused-ring (bicyclic) bond motifs is 1. The summed E-state index contributed by atoms with van der Waals surface area (Å²) in [6.45, 7) is 0. The van der Waals surface area contributed by atoms with E-state index in [1.54, 1.807) is 17.8 Å². The van der Waals surface area contributed by atoms with Crippen LogP contribution in [0.5, 0.6) is 5.75 Å². The predicted octanol–water partition coefficient (Wildman–Crippen LogP) is 5.40. The molecular formula is C19H14Cl2N4OS. The molecule has 2 heterocycles. The normalized spacial score (nSPS) is 11.1. The average Bonchev–Trinajstić information content (AvgIpc) is 3.11. The Kier molecular flexibility index (Phi) is 5.20. The summed E-state index contributed by atoms with van der Waals surface area (Å²) in [5.41, 5.74) is 2.77. The molecule has 2 aromatic carbocycles. The van der Waals surface area contributed by atoms with Crippen molar-refractivity contribution < 1.29 is 4.74 Å². The van der Waals surface area contributed by atoms with Gasteiger partial charge in [0.2, 0.25) is 5.16 Å². The first kappa shape index (κ1) is 18.1. The number of halogens is 2. The van der Waals surface area contributed by atoms with Crippen LogP contribution < -0.4 is 4.74 Å². The quantitative estimate of drug-likeness (QED) is 0.407. The minimum absolute atomic E-state index is 0.538. The number of nitrogens with zero attached hydrogens (tertiary/aromatic N) is 4. The number of aromatic nitrogens is 4. The van der Waals surface area contributed by atoms with Crippen molar-refractivity contribution in [2.24, 2.45) is 0 Å². The number of thioether (sulfide) groups is 1. The van der Waals surface area contributed by atoms with Crippen LogP contribution in [0.3, 0.4) is 0 Å². The Balaban J connectivity index is 1.64. The van der Waals surface area contributed by atoms with Crippen molar-refractivity contribution in [2.75, 3.05) is 7.11 Å². The first-order valence-electron chi connectivity index (χ1n) is 8.07. The molecule has 0 saturated heterocycles. The van der Waals surface area contributed by atoms with Crippen LogP contribution in [0.1, 0.15) is 5.56 Å². The van der Waals surface area contributed by atoms with E-state index >= 15 is 0 Å². The molecule has 136 valence electrons. The van der Waals surface area contributed by atoms with Crippen molar-refractivity contribution in [3.8, 4) is 17.0 Å². The van der Waals surface area contributed by atoms with Crippen molar-refractivity contribution in [1.82, 2.24) is 19.6 Å². The summed E-state index contributed by atoms with van der Waals surface area (Å²) >= 11 is 13.9. The van der Waals surface area contributed by atoms with Crippen molar-refractivity contribution in [3.05, 3.63) is 70.3 Å². The molecule has 0 amide bonds. The lowest BCUT2D eigenvalue weighted by Gasteiger charge is -2.05. The van der Waals surface area contributed by atoms with Crippen molar-refractivity contribution in [1.29, 1.82) is 0 Å². The summed E-state index contributed by atoms with van der Waals surface area (Å²) in [4.78, 5) is 8.81. The van der Waals surface area contributed by atoms with Crippen LogP contribution in [0.2, 0.25) is 10.0 Å². The molecule has 0 aliphatic carbocycles. The first-order chi connectivity index (χ1) is 13.2. The molecule has 0 atom stereocenters. The zero-order chi connectivity index (χ0) is 18.8. The molecule has 0 fully saturated rings. The topological polar surface area (TPSA) is 52.3 Å². The molecule has 5 nitrogen and oxygen atoms in total. The zero-order valence-electron chi connectivity index (χ0n) is 14.3. The van der Waals surface area contributed by atoms with Gasteiger partial charge in [-0.2, -0.15) is 9.50 Å². The SMILES string of the molecule is COc1ccc(-c2ccnc3nc(SCc4c(Cl)cccc4Cl)nn23)cc1. The van der Waals surface area contributed by atoms with Gasteiger partial charge in [0, 0.05) is 27.6 Å². The van der Waals surface area contributed by atoms with E-state index in [-0.39, 0.29) is 0 Å². The second kappa shape index (κ2) is 7.76. The standard InChI is InChI=1S/C19H14Cl2N4OS/c1-26-13-7-5-12(6-8-13)17-9-10-22-18-23-19(24-25(17)18)27-11-14-15(20)3-2-4-16(14)21/h2-10H,11H2,1H3. The van der Waals surface area contributed by atoms with Gasteiger partial charge in [-0.25, -0.2) is 4.98 Å². The van der Waals surface area contributed by atoms with E-state index < -0.39 is 0 Å². The van der Waals surface area contributed by atoms with Gasteiger partial charge < -0.3 is 4.74 Å². The molecule has 2 aromatic heterocycles. The summed E-state index contributed by atoms with van der Waals surface area (Å²) < 4.78 is 6.95. The molecule has 0 unspecified atom stereocenters. The van der Waals surface area contributed by atoms with Gasteiger partial charge in [0.05, 0.1) is 12.8 Å². The fourth-order valence-electron chi connectivity index (χ4n) is 2.62. The monoisotopic (exact) mass is 416 g/mol. The third-order valence-corrected chi connectivity index (χ3v) is 5.59. The lowest BCUT2D eigenvalue weighted by atomic mass is 10.1. The third-order valence-electron chi connectivity index (χ3n) is 4.01. The fraction of sp³-hybridized carbons (Fsp3) is 0.105. The molecule has 27 heavy (non-hydrogen) atoms. The van der Waals surface area contributed by atoms with Gasteiger partial charge in [-0.1, -0.05) is 41.0 Å².